The number of carbonyl (C=O) groups is 3. The molecule has 2 saturated heterocycles. The first-order chi connectivity index (χ1) is 8.00. The van der Waals surface area contributed by atoms with Gasteiger partial charge in [-0.25, -0.2) is 0 Å². The summed E-state index contributed by atoms with van der Waals surface area (Å²) in [5, 5.41) is 2.64. The number of nitrogens with one attached hydrogen (secondary N) is 1. The van der Waals surface area contributed by atoms with Gasteiger partial charge >= 0.3 is 0 Å². The molecule has 1 N–H and O–H groups in total. The van der Waals surface area contributed by atoms with Crippen LogP contribution < -0.4 is 5.32 Å². The summed E-state index contributed by atoms with van der Waals surface area (Å²) in [5.41, 5.74) is 0. The van der Waals surface area contributed by atoms with Crippen LogP contribution in [0.4, 0.5) is 0 Å². The van der Waals surface area contributed by atoms with E-state index in [9.17, 15) is 14.4 Å². The molecule has 0 aliphatic carbocycles. The van der Waals surface area contributed by atoms with Crippen molar-refractivity contribution in [1.82, 2.24) is 15.1 Å². The van der Waals surface area contributed by atoms with E-state index >= 15 is 0 Å². The Morgan fingerprint density at radius 2 is 2.06 bits per heavy atom. The van der Waals surface area contributed by atoms with Crippen molar-refractivity contribution in [3.8, 4) is 0 Å². The van der Waals surface area contributed by atoms with E-state index in [1.54, 1.807) is 23.8 Å². The fraction of sp³-hybridized carbons (Fsp3) is 0.727. The van der Waals surface area contributed by atoms with Crippen LogP contribution in [0.1, 0.15) is 19.8 Å². The molecule has 2 rings (SSSR count). The van der Waals surface area contributed by atoms with Crippen LogP contribution in [0, 0.1) is 0 Å². The Bertz CT molecular complexity index is 369. The Balaban J connectivity index is 2.04. The van der Waals surface area contributed by atoms with E-state index in [4.69, 9.17) is 0 Å². The molecule has 2 aliphatic rings. The van der Waals surface area contributed by atoms with Crippen molar-refractivity contribution < 1.29 is 14.4 Å². The fourth-order valence-electron chi connectivity index (χ4n) is 2.31. The van der Waals surface area contributed by atoms with Crippen LogP contribution in [-0.4, -0.2) is 59.7 Å². The lowest BCUT2D eigenvalue weighted by atomic mass is 10.1. The number of hydrogen-bond acceptors (Lipinski definition) is 3. The quantitative estimate of drug-likeness (QED) is 0.635. The third kappa shape index (κ3) is 2.11. The van der Waals surface area contributed by atoms with Crippen molar-refractivity contribution in [3.63, 3.8) is 0 Å². The molecule has 2 fully saturated rings. The Morgan fingerprint density at radius 3 is 2.65 bits per heavy atom. The van der Waals surface area contributed by atoms with Gasteiger partial charge in [0.15, 0.2) is 0 Å². The summed E-state index contributed by atoms with van der Waals surface area (Å²) in [7, 11) is 1.73. The molecular formula is C11H17N3O3. The molecule has 94 valence electrons. The Labute approximate surface area is 99.9 Å². The van der Waals surface area contributed by atoms with Gasteiger partial charge in [0.05, 0.1) is 0 Å². The molecule has 0 spiro atoms. The van der Waals surface area contributed by atoms with E-state index in [2.05, 4.69) is 5.32 Å². The molecule has 6 nitrogen and oxygen atoms in total. The average Bonchev–Trinajstić information content (AvgIpc) is 2.72. The Kier molecular flexibility index (Phi) is 3.04. The van der Waals surface area contributed by atoms with E-state index in [0.717, 1.165) is 0 Å². The van der Waals surface area contributed by atoms with Crippen LogP contribution >= 0.6 is 0 Å². The van der Waals surface area contributed by atoms with Gasteiger partial charge in [-0.05, 0) is 13.3 Å². The maximum atomic E-state index is 12.1. The fourth-order valence-corrected chi connectivity index (χ4v) is 2.31. The standard InChI is InChI=1S/C11H17N3O3/c1-7-10(16)13(2)5-6-14(7)11(17)8-3-4-9(15)12-8/h7-8H,3-6H2,1-2H3,(H,12,15). The van der Waals surface area contributed by atoms with Gasteiger partial charge in [-0.3, -0.25) is 14.4 Å². The summed E-state index contributed by atoms with van der Waals surface area (Å²) in [4.78, 5) is 38.2. The highest BCUT2D eigenvalue weighted by atomic mass is 16.2. The minimum Gasteiger partial charge on any atom is -0.344 e. The highest BCUT2D eigenvalue weighted by Gasteiger charge is 2.37. The third-order valence-corrected chi connectivity index (χ3v) is 3.45. The zero-order valence-corrected chi connectivity index (χ0v) is 10.1. The van der Waals surface area contributed by atoms with Gasteiger partial charge in [-0.1, -0.05) is 0 Å². The molecule has 0 aromatic carbocycles. The lowest BCUT2D eigenvalue weighted by molar-refractivity contribution is -0.150. The maximum absolute atomic E-state index is 12.1. The average molecular weight is 239 g/mol. The van der Waals surface area contributed by atoms with Crippen molar-refractivity contribution in [3.05, 3.63) is 0 Å². The molecule has 0 saturated carbocycles. The number of likely N-dealkylation sites (N-methyl/N-ethyl adjacent to an activating group) is 1. The molecule has 0 aromatic heterocycles. The summed E-state index contributed by atoms with van der Waals surface area (Å²) in [6.07, 6.45) is 0.928. The van der Waals surface area contributed by atoms with Crippen LogP contribution in [0.3, 0.4) is 0 Å². The molecule has 2 aliphatic heterocycles. The van der Waals surface area contributed by atoms with E-state index in [-0.39, 0.29) is 17.7 Å². The molecule has 0 aromatic rings. The topological polar surface area (TPSA) is 69.7 Å². The molecule has 17 heavy (non-hydrogen) atoms. The molecule has 2 unspecified atom stereocenters. The summed E-state index contributed by atoms with van der Waals surface area (Å²) in [6.45, 7) is 2.82. The second kappa shape index (κ2) is 4.35. The molecular weight excluding hydrogens is 222 g/mol. The van der Waals surface area contributed by atoms with Crippen molar-refractivity contribution in [2.75, 3.05) is 20.1 Å². The van der Waals surface area contributed by atoms with Crippen LogP contribution in [0.15, 0.2) is 0 Å². The van der Waals surface area contributed by atoms with Crippen molar-refractivity contribution in [1.29, 1.82) is 0 Å². The molecule has 0 bridgehead atoms. The molecule has 0 radical (unpaired) electrons. The van der Waals surface area contributed by atoms with Gasteiger partial charge < -0.3 is 15.1 Å². The van der Waals surface area contributed by atoms with Crippen molar-refractivity contribution in [2.45, 2.75) is 31.8 Å². The summed E-state index contributed by atoms with van der Waals surface area (Å²) in [5.74, 6) is -0.268. The monoisotopic (exact) mass is 239 g/mol. The number of nitrogens with zero attached hydrogens (tertiary/aromatic N) is 2. The van der Waals surface area contributed by atoms with E-state index in [1.807, 2.05) is 0 Å². The predicted molar refractivity (Wildman–Crippen MR) is 60.0 cm³/mol. The number of amides is 3. The highest BCUT2D eigenvalue weighted by molar-refractivity contribution is 5.94. The minimum atomic E-state index is -0.443. The maximum Gasteiger partial charge on any atom is 0.245 e. The predicted octanol–water partition coefficient (Wildman–Crippen LogP) is -1.05. The first kappa shape index (κ1) is 11.9. The lowest BCUT2D eigenvalue weighted by Crippen LogP contribution is -2.59. The largest absolute Gasteiger partial charge is 0.344 e. The Hall–Kier alpha value is -1.59. The molecule has 3 amide bonds. The minimum absolute atomic E-state index is 0.0473. The zero-order chi connectivity index (χ0) is 12.6. The Morgan fingerprint density at radius 1 is 1.35 bits per heavy atom. The van der Waals surface area contributed by atoms with Crippen LogP contribution in [0.5, 0.6) is 0 Å². The zero-order valence-electron chi connectivity index (χ0n) is 10.1. The van der Waals surface area contributed by atoms with Gasteiger partial charge in [0.1, 0.15) is 12.1 Å². The molecule has 6 heteroatoms. The summed E-state index contributed by atoms with van der Waals surface area (Å²) < 4.78 is 0. The third-order valence-electron chi connectivity index (χ3n) is 3.45. The molecule has 2 atom stereocenters. The number of piperazine rings is 1. The first-order valence-corrected chi connectivity index (χ1v) is 5.85. The van der Waals surface area contributed by atoms with Gasteiger partial charge in [-0.2, -0.15) is 0 Å². The van der Waals surface area contributed by atoms with Gasteiger partial charge in [0.2, 0.25) is 17.7 Å². The highest BCUT2D eigenvalue weighted by Crippen LogP contribution is 2.15. The van der Waals surface area contributed by atoms with Crippen LogP contribution in [0.25, 0.3) is 0 Å². The number of carbonyl (C=O) groups excluding carboxylic acids is 3. The van der Waals surface area contributed by atoms with E-state index in [1.165, 1.54) is 0 Å². The molecule has 2 heterocycles. The van der Waals surface area contributed by atoms with E-state index < -0.39 is 12.1 Å². The van der Waals surface area contributed by atoms with Crippen LogP contribution in [-0.2, 0) is 14.4 Å². The summed E-state index contributed by atoms with van der Waals surface area (Å²) in [6, 6.07) is -0.875. The second-order valence-electron chi connectivity index (χ2n) is 4.63. The van der Waals surface area contributed by atoms with Crippen molar-refractivity contribution in [2.24, 2.45) is 0 Å². The van der Waals surface area contributed by atoms with Crippen molar-refractivity contribution >= 4 is 17.7 Å². The van der Waals surface area contributed by atoms with Gasteiger partial charge in [0, 0.05) is 26.6 Å². The number of hydrogen-bond donors (Lipinski definition) is 1. The first-order valence-electron chi connectivity index (χ1n) is 5.85. The lowest BCUT2D eigenvalue weighted by Gasteiger charge is -2.38. The van der Waals surface area contributed by atoms with E-state index in [0.29, 0.717) is 25.9 Å². The van der Waals surface area contributed by atoms with Gasteiger partial charge in [0.25, 0.3) is 0 Å². The second-order valence-corrected chi connectivity index (χ2v) is 4.63. The number of rotatable bonds is 1. The van der Waals surface area contributed by atoms with Crippen LogP contribution in [0.2, 0.25) is 0 Å². The van der Waals surface area contributed by atoms with Gasteiger partial charge in [-0.15, -0.1) is 0 Å². The smallest absolute Gasteiger partial charge is 0.245 e. The normalized spacial score (nSPS) is 29.5. The SMILES string of the molecule is CC1C(=O)N(C)CCN1C(=O)C1CCC(=O)N1. The summed E-state index contributed by atoms with van der Waals surface area (Å²) >= 11 is 0.